The summed E-state index contributed by atoms with van der Waals surface area (Å²) in [7, 11) is 1.73. The summed E-state index contributed by atoms with van der Waals surface area (Å²) in [4.78, 5) is 18.5. The Kier molecular flexibility index (Phi) is 10.6. The van der Waals surface area contributed by atoms with Gasteiger partial charge in [0, 0.05) is 26.7 Å². The van der Waals surface area contributed by atoms with Gasteiger partial charge in [-0.3, -0.25) is 9.79 Å². The molecule has 1 saturated heterocycles. The quantitative estimate of drug-likeness (QED) is 0.381. The molecule has 1 fully saturated rings. The number of guanidine groups is 1. The highest BCUT2D eigenvalue weighted by Gasteiger charge is 2.22. The third kappa shape index (κ3) is 7.93. The van der Waals surface area contributed by atoms with E-state index in [-0.39, 0.29) is 29.9 Å². The van der Waals surface area contributed by atoms with Crippen LogP contribution in [-0.2, 0) is 11.2 Å². The van der Waals surface area contributed by atoms with Crippen molar-refractivity contribution in [2.24, 2.45) is 16.8 Å². The SMILES string of the molecule is CN=C(NCC(=O)N1CCC(Cc2ccccc2)CC1)NCC(C)C.I. The number of nitrogens with zero attached hydrogens (tertiary/aromatic N) is 2. The zero-order valence-electron chi connectivity index (χ0n) is 16.2. The maximum Gasteiger partial charge on any atom is 0.241 e. The van der Waals surface area contributed by atoms with Crippen molar-refractivity contribution in [2.75, 3.05) is 33.2 Å². The van der Waals surface area contributed by atoms with E-state index in [9.17, 15) is 4.79 Å². The molecule has 1 amide bonds. The second-order valence-corrected chi connectivity index (χ2v) is 7.21. The molecular formula is C20H33IN4O. The van der Waals surface area contributed by atoms with Crippen LogP contribution in [0.1, 0.15) is 32.3 Å². The summed E-state index contributed by atoms with van der Waals surface area (Å²) in [6.45, 7) is 7.15. The Morgan fingerprint density at radius 1 is 1.19 bits per heavy atom. The van der Waals surface area contributed by atoms with Gasteiger partial charge < -0.3 is 15.5 Å². The molecule has 5 nitrogen and oxygen atoms in total. The predicted octanol–water partition coefficient (Wildman–Crippen LogP) is 2.91. The number of aliphatic imine (C=N–C) groups is 1. The fourth-order valence-corrected chi connectivity index (χ4v) is 3.13. The third-order valence-electron chi connectivity index (χ3n) is 4.64. The molecule has 6 heteroatoms. The van der Waals surface area contributed by atoms with Crippen molar-refractivity contribution in [3.63, 3.8) is 0 Å². The monoisotopic (exact) mass is 472 g/mol. The second kappa shape index (κ2) is 12.1. The second-order valence-electron chi connectivity index (χ2n) is 7.21. The van der Waals surface area contributed by atoms with Crippen molar-refractivity contribution < 1.29 is 4.79 Å². The first kappa shape index (κ1) is 22.7. The lowest BCUT2D eigenvalue weighted by Crippen LogP contribution is -2.47. The van der Waals surface area contributed by atoms with E-state index >= 15 is 0 Å². The molecular weight excluding hydrogens is 439 g/mol. The van der Waals surface area contributed by atoms with Gasteiger partial charge in [0.15, 0.2) is 5.96 Å². The lowest BCUT2D eigenvalue weighted by atomic mass is 9.90. The van der Waals surface area contributed by atoms with E-state index in [1.54, 1.807) is 7.05 Å². The number of carbonyl (C=O) groups excluding carboxylic acids is 1. The molecule has 0 atom stereocenters. The summed E-state index contributed by atoms with van der Waals surface area (Å²) in [5, 5.41) is 6.35. The summed E-state index contributed by atoms with van der Waals surface area (Å²) in [5.74, 6) is 2.07. The summed E-state index contributed by atoms with van der Waals surface area (Å²) < 4.78 is 0. The van der Waals surface area contributed by atoms with Crippen LogP contribution >= 0.6 is 24.0 Å². The van der Waals surface area contributed by atoms with Gasteiger partial charge in [-0.05, 0) is 36.7 Å². The number of likely N-dealkylation sites (tertiary alicyclic amines) is 1. The Morgan fingerprint density at radius 2 is 1.85 bits per heavy atom. The molecule has 1 aliphatic rings. The standard InChI is InChI=1S/C20H32N4O.HI/c1-16(2)14-22-20(21-3)23-15-19(25)24-11-9-18(10-12-24)13-17-7-5-4-6-8-17;/h4-8,16,18H,9-15H2,1-3H3,(H2,21,22,23);1H. The van der Waals surface area contributed by atoms with E-state index in [0.29, 0.717) is 24.3 Å². The van der Waals surface area contributed by atoms with E-state index in [4.69, 9.17) is 0 Å². The Hall–Kier alpha value is -1.31. The van der Waals surface area contributed by atoms with Crippen LogP contribution in [0.2, 0.25) is 0 Å². The number of hydrogen-bond donors (Lipinski definition) is 2. The number of benzene rings is 1. The van der Waals surface area contributed by atoms with Crippen LogP contribution in [0.15, 0.2) is 35.3 Å². The van der Waals surface area contributed by atoms with Crippen LogP contribution in [0, 0.1) is 11.8 Å². The molecule has 2 rings (SSSR count). The first-order valence-electron chi connectivity index (χ1n) is 9.34. The van der Waals surface area contributed by atoms with Crippen LogP contribution in [0.4, 0.5) is 0 Å². The summed E-state index contributed by atoms with van der Waals surface area (Å²) in [6, 6.07) is 10.6. The zero-order chi connectivity index (χ0) is 18.1. The minimum absolute atomic E-state index is 0. The van der Waals surface area contributed by atoms with Crippen LogP contribution in [0.5, 0.6) is 0 Å². The molecule has 1 aromatic rings. The maximum absolute atomic E-state index is 12.4. The molecule has 146 valence electrons. The van der Waals surface area contributed by atoms with Crippen molar-refractivity contribution in [1.29, 1.82) is 0 Å². The summed E-state index contributed by atoms with van der Waals surface area (Å²) >= 11 is 0. The number of piperidine rings is 1. The van der Waals surface area contributed by atoms with Gasteiger partial charge in [-0.15, -0.1) is 24.0 Å². The fraction of sp³-hybridized carbons (Fsp3) is 0.600. The molecule has 1 aromatic carbocycles. The Bertz CT molecular complexity index is 554. The van der Waals surface area contributed by atoms with Gasteiger partial charge in [0.25, 0.3) is 0 Å². The third-order valence-corrected chi connectivity index (χ3v) is 4.64. The highest BCUT2D eigenvalue weighted by molar-refractivity contribution is 14.0. The average molecular weight is 472 g/mol. The number of halogens is 1. The van der Waals surface area contributed by atoms with Gasteiger partial charge in [-0.2, -0.15) is 0 Å². The molecule has 1 aliphatic heterocycles. The molecule has 0 bridgehead atoms. The van der Waals surface area contributed by atoms with Gasteiger partial charge in [-0.1, -0.05) is 44.2 Å². The number of carbonyl (C=O) groups is 1. The predicted molar refractivity (Wildman–Crippen MR) is 119 cm³/mol. The van der Waals surface area contributed by atoms with Crippen LogP contribution in [0.3, 0.4) is 0 Å². The normalized spacial score (nSPS) is 15.5. The number of hydrogen-bond acceptors (Lipinski definition) is 2. The fourth-order valence-electron chi connectivity index (χ4n) is 3.13. The zero-order valence-corrected chi connectivity index (χ0v) is 18.5. The Balaban J connectivity index is 0.00000338. The largest absolute Gasteiger partial charge is 0.356 e. The lowest BCUT2D eigenvalue weighted by Gasteiger charge is -2.32. The van der Waals surface area contributed by atoms with E-state index in [1.807, 2.05) is 4.90 Å². The van der Waals surface area contributed by atoms with E-state index in [1.165, 1.54) is 5.56 Å². The van der Waals surface area contributed by atoms with Gasteiger partial charge in [0.2, 0.25) is 5.91 Å². The lowest BCUT2D eigenvalue weighted by molar-refractivity contribution is -0.131. The minimum atomic E-state index is 0. The van der Waals surface area contributed by atoms with E-state index in [0.717, 1.165) is 38.9 Å². The highest BCUT2D eigenvalue weighted by Crippen LogP contribution is 2.21. The minimum Gasteiger partial charge on any atom is -0.356 e. The molecule has 0 unspecified atom stereocenters. The molecule has 26 heavy (non-hydrogen) atoms. The van der Waals surface area contributed by atoms with Crippen molar-refractivity contribution in [1.82, 2.24) is 15.5 Å². The maximum atomic E-state index is 12.4. The summed E-state index contributed by atoms with van der Waals surface area (Å²) in [5.41, 5.74) is 1.40. The van der Waals surface area contributed by atoms with Crippen molar-refractivity contribution in [3.8, 4) is 0 Å². The Labute approximate surface area is 175 Å². The van der Waals surface area contributed by atoms with Crippen LogP contribution in [-0.4, -0.2) is 50.0 Å². The molecule has 1 heterocycles. The van der Waals surface area contributed by atoms with Gasteiger partial charge >= 0.3 is 0 Å². The van der Waals surface area contributed by atoms with Gasteiger partial charge in [0.1, 0.15) is 0 Å². The van der Waals surface area contributed by atoms with Crippen LogP contribution in [0.25, 0.3) is 0 Å². The van der Waals surface area contributed by atoms with Crippen molar-refractivity contribution in [2.45, 2.75) is 33.1 Å². The molecule has 0 aromatic heterocycles. The number of rotatable bonds is 6. The first-order chi connectivity index (χ1) is 12.1. The molecule has 0 radical (unpaired) electrons. The van der Waals surface area contributed by atoms with E-state index < -0.39 is 0 Å². The molecule has 0 spiro atoms. The smallest absolute Gasteiger partial charge is 0.241 e. The summed E-state index contributed by atoms with van der Waals surface area (Å²) in [6.07, 6.45) is 3.29. The molecule has 2 N–H and O–H groups in total. The highest BCUT2D eigenvalue weighted by atomic mass is 127. The first-order valence-corrected chi connectivity index (χ1v) is 9.34. The van der Waals surface area contributed by atoms with Gasteiger partial charge in [0.05, 0.1) is 6.54 Å². The van der Waals surface area contributed by atoms with Crippen molar-refractivity contribution >= 4 is 35.8 Å². The van der Waals surface area contributed by atoms with E-state index in [2.05, 4.69) is 59.8 Å². The Morgan fingerprint density at radius 3 is 2.42 bits per heavy atom. The molecule has 0 aliphatic carbocycles. The van der Waals surface area contributed by atoms with Gasteiger partial charge in [-0.25, -0.2) is 0 Å². The van der Waals surface area contributed by atoms with Crippen molar-refractivity contribution in [3.05, 3.63) is 35.9 Å². The average Bonchev–Trinajstić information content (AvgIpc) is 2.63. The number of nitrogens with one attached hydrogen (secondary N) is 2. The topological polar surface area (TPSA) is 56.7 Å². The molecule has 0 saturated carbocycles. The van der Waals surface area contributed by atoms with Crippen LogP contribution < -0.4 is 10.6 Å². The number of amides is 1.